The lowest BCUT2D eigenvalue weighted by Crippen LogP contribution is -2.43. The number of hydrogen-bond donors (Lipinski definition) is 1. The molecule has 0 atom stereocenters. The Morgan fingerprint density at radius 1 is 1.09 bits per heavy atom. The number of anilines is 2. The van der Waals surface area contributed by atoms with Gasteiger partial charge in [-0.3, -0.25) is 4.79 Å². The molecule has 1 amide bonds. The molecule has 34 heavy (non-hydrogen) atoms. The zero-order valence-electron chi connectivity index (χ0n) is 20.4. The summed E-state index contributed by atoms with van der Waals surface area (Å²) in [6.45, 7) is 11.2. The van der Waals surface area contributed by atoms with Crippen molar-refractivity contribution in [3.05, 3.63) is 53.6 Å². The van der Waals surface area contributed by atoms with Gasteiger partial charge in [0.05, 0.1) is 24.4 Å². The number of ether oxygens (including phenoxy) is 1. The van der Waals surface area contributed by atoms with Gasteiger partial charge in [0.1, 0.15) is 5.82 Å². The topological polar surface area (TPSA) is 71.7 Å². The molecular weight excluding hydrogens is 424 g/mol. The van der Waals surface area contributed by atoms with Gasteiger partial charge in [-0.1, -0.05) is 32.0 Å². The highest BCUT2D eigenvalue weighted by Gasteiger charge is 2.31. The van der Waals surface area contributed by atoms with E-state index in [4.69, 9.17) is 10.5 Å². The second kappa shape index (κ2) is 8.91. The molecule has 2 aliphatic rings. The monoisotopic (exact) mass is 458 g/mol. The predicted molar refractivity (Wildman–Crippen MR) is 138 cm³/mol. The van der Waals surface area contributed by atoms with Crippen LogP contribution in [0.4, 0.5) is 11.5 Å². The second-order valence-electron chi connectivity index (χ2n) is 10.4. The van der Waals surface area contributed by atoms with Gasteiger partial charge in [0.25, 0.3) is 5.91 Å². The van der Waals surface area contributed by atoms with Crippen molar-refractivity contribution in [3.8, 4) is 11.1 Å². The van der Waals surface area contributed by atoms with Crippen LogP contribution in [0.5, 0.6) is 0 Å². The van der Waals surface area contributed by atoms with Crippen molar-refractivity contribution in [2.45, 2.75) is 33.6 Å². The Kier molecular flexibility index (Phi) is 5.94. The molecule has 3 heterocycles. The van der Waals surface area contributed by atoms with Gasteiger partial charge in [0.2, 0.25) is 0 Å². The van der Waals surface area contributed by atoms with Crippen molar-refractivity contribution >= 4 is 28.3 Å². The van der Waals surface area contributed by atoms with Crippen molar-refractivity contribution in [1.82, 2.24) is 9.88 Å². The summed E-state index contributed by atoms with van der Waals surface area (Å²) in [6.07, 6.45) is 2.21. The lowest BCUT2D eigenvalue weighted by molar-refractivity contribution is 0.0584. The van der Waals surface area contributed by atoms with E-state index in [9.17, 15) is 4.79 Å². The number of fused-ring (bicyclic) bond motifs is 1. The molecule has 2 aliphatic heterocycles. The largest absolute Gasteiger partial charge is 0.382 e. The quantitative estimate of drug-likeness (QED) is 0.605. The number of carbonyl (C=O) groups excluding carboxylic acids is 1. The van der Waals surface area contributed by atoms with E-state index >= 15 is 0 Å². The summed E-state index contributed by atoms with van der Waals surface area (Å²) in [7, 11) is 0. The Morgan fingerprint density at radius 3 is 2.65 bits per heavy atom. The van der Waals surface area contributed by atoms with Gasteiger partial charge in [0, 0.05) is 37.1 Å². The second-order valence-corrected chi connectivity index (χ2v) is 10.4. The summed E-state index contributed by atoms with van der Waals surface area (Å²) in [5, 5.41) is 1.02. The molecule has 1 aromatic heterocycles. The normalized spacial score (nSPS) is 18.3. The van der Waals surface area contributed by atoms with Crippen LogP contribution in [-0.2, 0) is 4.74 Å². The number of aromatic nitrogens is 1. The van der Waals surface area contributed by atoms with Crippen LogP contribution in [0.3, 0.4) is 0 Å². The highest BCUT2D eigenvalue weighted by molar-refractivity contribution is 6.03. The minimum absolute atomic E-state index is 0.121. The number of rotatable bonds is 3. The SMILES string of the molecule is Cc1cccc(C(=O)N2CCCC(C)(C)C2)c1-c1ccc2nc(N)c(N3CCOCC3)cc2c1. The lowest BCUT2D eigenvalue weighted by Gasteiger charge is -2.38. The van der Waals surface area contributed by atoms with Gasteiger partial charge in [-0.15, -0.1) is 0 Å². The average molecular weight is 459 g/mol. The van der Waals surface area contributed by atoms with E-state index in [0.29, 0.717) is 19.0 Å². The first-order valence-corrected chi connectivity index (χ1v) is 12.2. The summed E-state index contributed by atoms with van der Waals surface area (Å²) in [6, 6.07) is 14.4. The molecule has 6 nitrogen and oxygen atoms in total. The van der Waals surface area contributed by atoms with Gasteiger partial charge in [-0.25, -0.2) is 4.98 Å². The lowest BCUT2D eigenvalue weighted by atomic mass is 9.83. The summed E-state index contributed by atoms with van der Waals surface area (Å²) in [5.41, 5.74) is 12.2. The molecule has 2 fully saturated rings. The fourth-order valence-corrected chi connectivity index (χ4v) is 5.39. The van der Waals surface area contributed by atoms with E-state index < -0.39 is 0 Å². The van der Waals surface area contributed by atoms with Crippen molar-refractivity contribution in [2.24, 2.45) is 5.41 Å². The highest BCUT2D eigenvalue weighted by atomic mass is 16.5. The molecule has 0 radical (unpaired) electrons. The first kappa shape index (κ1) is 22.7. The van der Waals surface area contributed by atoms with E-state index in [0.717, 1.165) is 77.9 Å². The highest BCUT2D eigenvalue weighted by Crippen LogP contribution is 2.35. The molecule has 0 unspecified atom stereocenters. The number of nitrogen functional groups attached to an aromatic ring is 1. The smallest absolute Gasteiger partial charge is 0.254 e. The number of likely N-dealkylation sites (tertiary alicyclic amines) is 1. The number of pyridine rings is 1. The maximum Gasteiger partial charge on any atom is 0.254 e. The summed E-state index contributed by atoms with van der Waals surface area (Å²) < 4.78 is 5.50. The van der Waals surface area contributed by atoms with Crippen LogP contribution in [0.15, 0.2) is 42.5 Å². The molecule has 2 aromatic carbocycles. The molecular formula is C28H34N4O2. The third kappa shape index (κ3) is 4.34. The number of aryl methyl sites for hydroxylation is 1. The molecule has 3 aromatic rings. The fraction of sp³-hybridized carbons (Fsp3) is 0.429. The Bertz CT molecular complexity index is 1230. The van der Waals surface area contributed by atoms with Crippen LogP contribution >= 0.6 is 0 Å². The van der Waals surface area contributed by atoms with Crippen LogP contribution in [0.1, 0.15) is 42.6 Å². The molecule has 0 aliphatic carbocycles. The number of carbonyl (C=O) groups is 1. The Labute approximate surface area is 201 Å². The van der Waals surface area contributed by atoms with Crippen LogP contribution in [0.2, 0.25) is 0 Å². The summed E-state index contributed by atoms with van der Waals surface area (Å²) in [4.78, 5) is 22.6. The van der Waals surface area contributed by atoms with Crippen molar-refractivity contribution in [2.75, 3.05) is 50.0 Å². The first-order chi connectivity index (χ1) is 16.3. The molecule has 0 saturated carbocycles. The number of nitrogens with two attached hydrogens (primary N) is 1. The maximum atomic E-state index is 13.7. The first-order valence-electron chi connectivity index (χ1n) is 12.2. The number of amides is 1. The number of morpholine rings is 1. The zero-order valence-corrected chi connectivity index (χ0v) is 20.4. The predicted octanol–water partition coefficient (Wildman–Crippen LogP) is 4.89. The molecule has 0 bridgehead atoms. The number of piperidine rings is 1. The van der Waals surface area contributed by atoms with Crippen LogP contribution < -0.4 is 10.6 Å². The summed E-state index contributed by atoms with van der Waals surface area (Å²) >= 11 is 0. The molecule has 2 N–H and O–H groups in total. The van der Waals surface area contributed by atoms with E-state index in [1.807, 2.05) is 23.1 Å². The molecule has 6 heteroatoms. The van der Waals surface area contributed by atoms with Crippen LogP contribution in [-0.4, -0.2) is 55.2 Å². The van der Waals surface area contributed by atoms with Gasteiger partial charge < -0.3 is 20.3 Å². The van der Waals surface area contributed by atoms with E-state index in [-0.39, 0.29) is 11.3 Å². The van der Waals surface area contributed by atoms with Crippen molar-refractivity contribution in [1.29, 1.82) is 0 Å². The van der Waals surface area contributed by atoms with E-state index in [2.05, 4.69) is 54.9 Å². The molecule has 0 spiro atoms. The molecule has 2 saturated heterocycles. The van der Waals surface area contributed by atoms with Crippen LogP contribution in [0.25, 0.3) is 22.0 Å². The fourth-order valence-electron chi connectivity index (χ4n) is 5.39. The Hall–Kier alpha value is -3.12. The van der Waals surface area contributed by atoms with Crippen molar-refractivity contribution in [3.63, 3.8) is 0 Å². The van der Waals surface area contributed by atoms with E-state index in [1.165, 1.54) is 0 Å². The van der Waals surface area contributed by atoms with Gasteiger partial charge in [-0.05, 0) is 66.1 Å². The Morgan fingerprint density at radius 2 is 1.88 bits per heavy atom. The third-order valence-electron chi connectivity index (χ3n) is 7.15. The molecule has 5 rings (SSSR count). The maximum absolute atomic E-state index is 13.7. The van der Waals surface area contributed by atoms with E-state index in [1.54, 1.807) is 0 Å². The minimum Gasteiger partial charge on any atom is -0.382 e. The van der Waals surface area contributed by atoms with Gasteiger partial charge in [0.15, 0.2) is 0 Å². The number of benzene rings is 2. The Balaban J connectivity index is 1.55. The van der Waals surface area contributed by atoms with Gasteiger partial charge >= 0.3 is 0 Å². The number of hydrogen-bond acceptors (Lipinski definition) is 5. The van der Waals surface area contributed by atoms with Crippen LogP contribution in [0, 0.1) is 12.3 Å². The summed E-state index contributed by atoms with van der Waals surface area (Å²) in [5.74, 6) is 0.664. The standard InChI is InChI=1S/C28H34N4O2/c1-19-6-4-7-22(27(33)32-11-5-10-28(2,3)18-32)25(19)20-8-9-23-21(16-20)17-24(26(29)30-23)31-12-14-34-15-13-31/h4,6-9,16-17H,5,10-15,18H2,1-3H3,(H2,29,30). The minimum atomic E-state index is 0.121. The molecule has 178 valence electrons. The number of nitrogens with zero attached hydrogens (tertiary/aromatic N) is 3. The van der Waals surface area contributed by atoms with Crippen molar-refractivity contribution < 1.29 is 9.53 Å². The average Bonchev–Trinajstić information content (AvgIpc) is 2.83. The zero-order chi connectivity index (χ0) is 23.9. The van der Waals surface area contributed by atoms with Gasteiger partial charge in [-0.2, -0.15) is 0 Å². The third-order valence-corrected chi connectivity index (χ3v) is 7.15.